The predicted molar refractivity (Wildman–Crippen MR) is 113 cm³/mol. The summed E-state index contributed by atoms with van der Waals surface area (Å²) < 4.78 is 6.83. The molecule has 3 rings (SSSR count). The Morgan fingerprint density at radius 1 is 1.21 bits per heavy atom. The molecule has 28 heavy (non-hydrogen) atoms. The highest BCUT2D eigenvalue weighted by molar-refractivity contribution is 7.99. The molecule has 2 aromatic carbocycles. The molecule has 0 fully saturated rings. The third kappa shape index (κ3) is 4.54. The number of carbonyl (C=O) groups is 1. The van der Waals surface area contributed by atoms with E-state index in [2.05, 4.69) is 17.2 Å². The van der Waals surface area contributed by atoms with E-state index >= 15 is 0 Å². The van der Waals surface area contributed by atoms with E-state index in [1.54, 1.807) is 25.3 Å². The highest BCUT2D eigenvalue weighted by Gasteiger charge is 2.15. The van der Waals surface area contributed by atoms with Crippen molar-refractivity contribution in [1.29, 1.82) is 0 Å². The minimum absolute atomic E-state index is 0.0713. The number of methoxy groups -OCH3 is 1. The molecule has 1 heterocycles. The average Bonchev–Trinajstić information content (AvgIpc) is 2.72. The summed E-state index contributed by atoms with van der Waals surface area (Å²) in [7, 11) is 1.58. The monoisotopic (exact) mass is 397 g/mol. The highest BCUT2D eigenvalue weighted by atomic mass is 32.2. The first-order valence-electron chi connectivity index (χ1n) is 9.19. The summed E-state index contributed by atoms with van der Waals surface area (Å²) in [4.78, 5) is 29.9. The van der Waals surface area contributed by atoms with E-state index in [1.165, 1.54) is 16.3 Å². The smallest absolute Gasteiger partial charge is 0.266 e. The minimum atomic E-state index is -0.173. The number of rotatable bonds is 8. The van der Waals surface area contributed by atoms with E-state index in [0.717, 1.165) is 12.8 Å². The van der Waals surface area contributed by atoms with Gasteiger partial charge in [0.2, 0.25) is 5.91 Å². The first-order chi connectivity index (χ1) is 13.6. The van der Waals surface area contributed by atoms with Crippen LogP contribution in [0.1, 0.15) is 19.8 Å². The third-order valence-electron chi connectivity index (χ3n) is 4.24. The SMILES string of the molecule is CCCCNC(=O)CSc1nc2ccccc2c(=O)n1-c1cccc(OC)c1. The number of benzene rings is 2. The number of carbonyl (C=O) groups excluding carboxylic acids is 1. The number of unbranched alkanes of at least 4 members (excludes halogenated alkanes) is 1. The van der Waals surface area contributed by atoms with Crippen LogP contribution in [0.15, 0.2) is 58.5 Å². The number of nitrogens with one attached hydrogen (secondary N) is 1. The second kappa shape index (κ2) is 9.41. The minimum Gasteiger partial charge on any atom is -0.497 e. The lowest BCUT2D eigenvalue weighted by atomic mass is 10.2. The van der Waals surface area contributed by atoms with Gasteiger partial charge in [-0.1, -0.05) is 43.3 Å². The van der Waals surface area contributed by atoms with E-state index < -0.39 is 0 Å². The number of hydrogen-bond donors (Lipinski definition) is 1. The van der Waals surface area contributed by atoms with Crippen LogP contribution >= 0.6 is 11.8 Å². The van der Waals surface area contributed by atoms with Crippen LogP contribution in [0.4, 0.5) is 0 Å². The van der Waals surface area contributed by atoms with Crippen molar-refractivity contribution in [3.63, 3.8) is 0 Å². The molecule has 7 heteroatoms. The molecule has 0 radical (unpaired) electrons. The molecule has 0 atom stereocenters. The fraction of sp³-hybridized carbons (Fsp3) is 0.286. The van der Waals surface area contributed by atoms with E-state index in [1.807, 2.05) is 30.3 Å². The van der Waals surface area contributed by atoms with E-state index in [-0.39, 0.29) is 17.2 Å². The predicted octanol–water partition coefficient (Wildman–Crippen LogP) is 3.40. The fourth-order valence-corrected chi connectivity index (χ4v) is 3.61. The standard InChI is InChI=1S/C21H23N3O3S/c1-3-4-12-22-19(25)14-28-21-23-18-11-6-5-10-17(18)20(26)24(21)15-8-7-9-16(13-15)27-2/h5-11,13H,3-4,12,14H2,1-2H3,(H,22,25). The number of hydrogen-bond acceptors (Lipinski definition) is 5. The largest absolute Gasteiger partial charge is 0.497 e. The Morgan fingerprint density at radius 3 is 2.82 bits per heavy atom. The van der Waals surface area contributed by atoms with Gasteiger partial charge in [-0.05, 0) is 30.7 Å². The zero-order chi connectivity index (χ0) is 19.9. The van der Waals surface area contributed by atoms with Crippen LogP contribution in [0.2, 0.25) is 0 Å². The van der Waals surface area contributed by atoms with Gasteiger partial charge in [0.25, 0.3) is 5.56 Å². The van der Waals surface area contributed by atoms with Gasteiger partial charge in [0.05, 0.1) is 29.5 Å². The van der Waals surface area contributed by atoms with Crippen molar-refractivity contribution >= 4 is 28.6 Å². The second-order valence-electron chi connectivity index (χ2n) is 6.25. The molecule has 0 aliphatic heterocycles. The molecule has 1 aromatic heterocycles. The average molecular weight is 398 g/mol. The zero-order valence-electron chi connectivity index (χ0n) is 16.0. The number of ether oxygens (including phenoxy) is 1. The van der Waals surface area contributed by atoms with Crippen LogP contribution in [0, 0.1) is 0 Å². The molecule has 0 saturated heterocycles. The number of nitrogens with zero attached hydrogens (tertiary/aromatic N) is 2. The Labute approximate surface area is 167 Å². The summed E-state index contributed by atoms with van der Waals surface area (Å²) in [5.74, 6) is 0.766. The number of para-hydroxylation sites is 1. The Bertz CT molecular complexity index is 1030. The lowest BCUT2D eigenvalue weighted by molar-refractivity contribution is -0.118. The Balaban J connectivity index is 2.00. The molecule has 1 amide bonds. The molecule has 0 bridgehead atoms. The number of aromatic nitrogens is 2. The van der Waals surface area contributed by atoms with Crippen molar-refractivity contribution in [2.24, 2.45) is 0 Å². The summed E-state index contributed by atoms with van der Waals surface area (Å²) in [6.45, 7) is 2.73. The van der Waals surface area contributed by atoms with Crippen LogP contribution in [0.3, 0.4) is 0 Å². The molecule has 1 N–H and O–H groups in total. The van der Waals surface area contributed by atoms with Gasteiger partial charge in [-0.15, -0.1) is 0 Å². The van der Waals surface area contributed by atoms with Gasteiger partial charge < -0.3 is 10.1 Å². The summed E-state index contributed by atoms with van der Waals surface area (Å²) in [5.41, 5.74) is 1.09. The summed E-state index contributed by atoms with van der Waals surface area (Å²) in [5, 5.41) is 3.89. The lowest BCUT2D eigenvalue weighted by Crippen LogP contribution is -2.27. The van der Waals surface area contributed by atoms with Gasteiger partial charge >= 0.3 is 0 Å². The molecule has 146 valence electrons. The third-order valence-corrected chi connectivity index (χ3v) is 5.18. The summed E-state index contributed by atoms with van der Waals surface area (Å²) in [6.07, 6.45) is 1.97. The number of amides is 1. The Hall–Kier alpha value is -2.80. The van der Waals surface area contributed by atoms with E-state index in [0.29, 0.717) is 34.0 Å². The van der Waals surface area contributed by atoms with Crippen LogP contribution in [0.5, 0.6) is 5.75 Å². The maximum atomic E-state index is 13.2. The lowest BCUT2D eigenvalue weighted by Gasteiger charge is -2.14. The fourth-order valence-electron chi connectivity index (χ4n) is 2.77. The maximum Gasteiger partial charge on any atom is 0.266 e. The van der Waals surface area contributed by atoms with E-state index in [4.69, 9.17) is 4.74 Å². The van der Waals surface area contributed by atoms with Crippen molar-refractivity contribution in [3.05, 3.63) is 58.9 Å². The topological polar surface area (TPSA) is 73.2 Å². The van der Waals surface area contributed by atoms with Gasteiger partial charge in [0.1, 0.15) is 5.75 Å². The van der Waals surface area contributed by atoms with Crippen LogP contribution in [0.25, 0.3) is 16.6 Å². The molecule has 3 aromatic rings. The zero-order valence-corrected chi connectivity index (χ0v) is 16.8. The van der Waals surface area contributed by atoms with Crippen molar-refractivity contribution in [3.8, 4) is 11.4 Å². The van der Waals surface area contributed by atoms with Gasteiger partial charge in [0.15, 0.2) is 5.16 Å². The van der Waals surface area contributed by atoms with Crippen molar-refractivity contribution in [2.75, 3.05) is 19.4 Å². The maximum absolute atomic E-state index is 13.2. The molecular formula is C21H23N3O3S. The normalized spacial score (nSPS) is 10.8. The van der Waals surface area contributed by atoms with Crippen LogP contribution in [-0.2, 0) is 4.79 Å². The van der Waals surface area contributed by atoms with Crippen molar-refractivity contribution < 1.29 is 9.53 Å². The summed E-state index contributed by atoms with van der Waals surface area (Å²) >= 11 is 1.25. The second-order valence-corrected chi connectivity index (χ2v) is 7.19. The van der Waals surface area contributed by atoms with Gasteiger partial charge in [-0.2, -0.15) is 0 Å². The number of thioether (sulfide) groups is 1. The Morgan fingerprint density at radius 2 is 2.04 bits per heavy atom. The highest BCUT2D eigenvalue weighted by Crippen LogP contribution is 2.23. The molecule has 0 saturated carbocycles. The molecule has 0 unspecified atom stereocenters. The quantitative estimate of drug-likeness (QED) is 0.358. The molecule has 0 spiro atoms. The van der Waals surface area contributed by atoms with Crippen molar-refractivity contribution in [2.45, 2.75) is 24.9 Å². The Kier molecular flexibility index (Phi) is 6.71. The van der Waals surface area contributed by atoms with Crippen molar-refractivity contribution in [1.82, 2.24) is 14.9 Å². The molecular weight excluding hydrogens is 374 g/mol. The summed E-state index contributed by atoms with van der Waals surface area (Å²) in [6, 6.07) is 14.5. The van der Waals surface area contributed by atoms with Gasteiger partial charge in [-0.25, -0.2) is 4.98 Å². The first-order valence-corrected chi connectivity index (χ1v) is 10.2. The van der Waals surface area contributed by atoms with E-state index in [9.17, 15) is 9.59 Å². The molecule has 6 nitrogen and oxygen atoms in total. The van der Waals surface area contributed by atoms with Gasteiger partial charge in [0, 0.05) is 12.6 Å². The first kappa shape index (κ1) is 19.9. The number of fused-ring (bicyclic) bond motifs is 1. The van der Waals surface area contributed by atoms with Crippen LogP contribution in [-0.4, -0.2) is 34.9 Å². The molecule has 0 aliphatic rings. The van der Waals surface area contributed by atoms with Crippen LogP contribution < -0.4 is 15.6 Å². The molecule has 0 aliphatic carbocycles. The van der Waals surface area contributed by atoms with Gasteiger partial charge in [-0.3, -0.25) is 14.2 Å².